The van der Waals surface area contributed by atoms with Gasteiger partial charge in [0.15, 0.2) is 0 Å². The van der Waals surface area contributed by atoms with Crippen LogP contribution in [0.3, 0.4) is 0 Å². The molecule has 96 valence electrons. The van der Waals surface area contributed by atoms with Gasteiger partial charge in [-0.05, 0) is 39.3 Å². The van der Waals surface area contributed by atoms with Crippen LogP contribution in [-0.2, 0) is 16.0 Å². The molecule has 0 aliphatic heterocycles. The van der Waals surface area contributed by atoms with Gasteiger partial charge in [0.25, 0.3) is 0 Å². The Morgan fingerprint density at radius 1 is 1.53 bits per heavy atom. The van der Waals surface area contributed by atoms with Gasteiger partial charge in [0, 0.05) is 15.8 Å². The second-order valence-electron chi connectivity index (χ2n) is 4.64. The molecule has 1 rings (SSSR count). The number of methoxy groups -OCH3 is 1. The lowest BCUT2D eigenvalue weighted by Gasteiger charge is -2.27. The second kappa shape index (κ2) is 5.65. The fraction of sp³-hybridized carbons (Fsp3) is 0.615. The summed E-state index contributed by atoms with van der Waals surface area (Å²) < 4.78 is 4.78. The Labute approximate surface area is 107 Å². The van der Waals surface area contributed by atoms with Gasteiger partial charge >= 0.3 is 5.97 Å². The topological polar surface area (TPSA) is 38.3 Å². The van der Waals surface area contributed by atoms with E-state index in [1.165, 1.54) is 16.9 Å². The molecule has 1 unspecified atom stereocenters. The van der Waals surface area contributed by atoms with Crippen LogP contribution in [0, 0.1) is 0 Å². The van der Waals surface area contributed by atoms with Crippen molar-refractivity contribution in [2.75, 3.05) is 7.11 Å². The van der Waals surface area contributed by atoms with E-state index in [1.54, 1.807) is 11.3 Å². The van der Waals surface area contributed by atoms with Gasteiger partial charge in [-0.1, -0.05) is 6.92 Å². The number of carbonyl (C=O) groups is 1. The van der Waals surface area contributed by atoms with E-state index in [9.17, 15) is 4.79 Å². The zero-order valence-electron chi connectivity index (χ0n) is 11.2. The van der Waals surface area contributed by atoms with E-state index >= 15 is 0 Å². The van der Waals surface area contributed by atoms with Crippen molar-refractivity contribution in [1.82, 2.24) is 5.32 Å². The number of carbonyl (C=O) groups excluding carboxylic acids is 1. The van der Waals surface area contributed by atoms with Gasteiger partial charge in [0.05, 0.1) is 7.11 Å². The average Bonchev–Trinajstić information content (AvgIpc) is 2.75. The normalized spacial score (nSPS) is 13.5. The van der Waals surface area contributed by atoms with E-state index in [4.69, 9.17) is 4.74 Å². The molecular formula is C13H21NO2S. The minimum atomic E-state index is -0.662. The van der Waals surface area contributed by atoms with E-state index in [1.807, 2.05) is 13.8 Å². The predicted molar refractivity (Wildman–Crippen MR) is 71.3 cm³/mol. The van der Waals surface area contributed by atoms with Crippen molar-refractivity contribution in [3.8, 4) is 0 Å². The molecule has 0 spiro atoms. The minimum Gasteiger partial charge on any atom is -0.468 e. The Morgan fingerprint density at radius 2 is 2.18 bits per heavy atom. The molecule has 3 nitrogen and oxygen atoms in total. The van der Waals surface area contributed by atoms with Crippen molar-refractivity contribution in [3.63, 3.8) is 0 Å². The molecule has 17 heavy (non-hydrogen) atoms. The third kappa shape index (κ3) is 3.54. The maximum atomic E-state index is 11.6. The number of ether oxygens (including phenoxy) is 1. The Morgan fingerprint density at radius 3 is 2.65 bits per heavy atom. The van der Waals surface area contributed by atoms with Crippen LogP contribution >= 0.6 is 11.3 Å². The van der Waals surface area contributed by atoms with Crippen LogP contribution in [0.5, 0.6) is 0 Å². The van der Waals surface area contributed by atoms with Crippen LogP contribution in [0.2, 0.25) is 0 Å². The fourth-order valence-electron chi connectivity index (χ4n) is 1.74. The highest BCUT2D eigenvalue weighted by atomic mass is 32.1. The molecule has 0 radical (unpaired) electrons. The molecule has 4 heteroatoms. The summed E-state index contributed by atoms with van der Waals surface area (Å²) in [5, 5.41) is 3.30. The molecule has 1 N–H and O–H groups in total. The van der Waals surface area contributed by atoms with Crippen LogP contribution in [0.1, 0.15) is 43.5 Å². The van der Waals surface area contributed by atoms with Crippen LogP contribution in [-0.4, -0.2) is 18.6 Å². The van der Waals surface area contributed by atoms with Gasteiger partial charge in [0.1, 0.15) is 5.54 Å². The lowest BCUT2D eigenvalue weighted by atomic mass is 10.0. The Bertz CT molecular complexity index is 385. The number of aryl methyl sites for hydroxylation is 1. The molecule has 0 saturated carbocycles. The van der Waals surface area contributed by atoms with Gasteiger partial charge in [-0.3, -0.25) is 10.1 Å². The zero-order chi connectivity index (χ0) is 13.1. The zero-order valence-corrected chi connectivity index (χ0v) is 12.0. The first kappa shape index (κ1) is 14.2. The minimum absolute atomic E-state index is 0.148. The quantitative estimate of drug-likeness (QED) is 0.822. The van der Waals surface area contributed by atoms with Crippen LogP contribution in [0.4, 0.5) is 0 Å². The highest BCUT2D eigenvalue weighted by Gasteiger charge is 2.30. The SMILES string of the molecule is CCc1ccc(C(C)NC(C)(C)C(=O)OC)s1. The van der Waals surface area contributed by atoms with Crippen molar-refractivity contribution in [2.24, 2.45) is 0 Å². The summed E-state index contributed by atoms with van der Waals surface area (Å²) in [6.45, 7) is 7.88. The first-order chi connectivity index (χ1) is 7.90. The lowest BCUT2D eigenvalue weighted by Crippen LogP contribution is -2.48. The summed E-state index contributed by atoms with van der Waals surface area (Å²) in [6.07, 6.45) is 1.05. The molecule has 0 saturated heterocycles. The van der Waals surface area contributed by atoms with Crippen LogP contribution < -0.4 is 5.32 Å². The molecule has 0 aliphatic rings. The number of esters is 1. The summed E-state index contributed by atoms with van der Waals surface area (Å²) in [4.78, 5) is 14.2. The molecule has 1 atom stereocenters. The third-order valence-electron chi connectivity index (χ3n) is 2.73. The summed E-state index contributed by atoms with van der Waals surface area (Å²) in [5.74, 6) is -0.239. The summed E-state index contributed by atoms with van der Waals surface area (Å²) in [5.41, 5.74) is -0.662. The first-order valence-corrected chi connectivity index (χ1v) is 6.67. The third-order valence-corrected chi connectivity index (χ3v) is 4.14. The van der Waals surface area contributed by atoms with Gasteiger partial charge in [-0.15, -0.1) is 11.3 Å². The number of hydrogen-bond acceptors (Lipinski definition) is 4. The summed E-state index contributed by atoms with van der Waals surface area (Å²) in [7, 11) is 1.41. The van der Waals surface area contributed by atoms with Gasteiger partial charge < -0.3 is 4.74 Å². The van der Waals surface area contributed by atoms with E-state index in [2.05, 4.69) is 31.3 Å². The Kier molecular flexibility index (Phi) is 4.71. The van der Waals surface area contributed by atoms with Crippen molar-refractivity contribution >= 4 is 17.3 Å². The molecular weight excluding hydrogens is 234 g/mol. The van der Waals surface area contributed by atoms with E-state index in [0.29, 0.717) is 0 Å². The maximum absolute atomic E-state index is 11.6. The smallest absolute Gasteiger partial charge is 0.325 e. The fourth-order valence-corrected chi connectivity index (χ4v) is 2.70. The van der Waals surface area contributed by atoms with Crippen molar-refractivity contribution in [1.29, 1.82) is 0 Å². The van der Waals surface area contributed by atoms with Gasteiger partial charge in [0.2, 0.25) is 0 Å². The van der Waals surface area contributed by atoms with Crippen molar-refractivity contribution in [3.05, 3.63) is 21.9 Å². The number of nitrogens with one attached hydrogen (secondary N) is 1. The van der Waals surface area contributed by atoms with Crippen LogP contribution in [0.25, 0.3) is 0 Å². The molecule has 0 bridgehead atoms. The Hall–Kier alpha value is -0.870. The molecule has 1 aromatic heterocycles. The number of thiophene rings is 1. The summed E-state index contributed by atoms with van der Waals surface area (Å²) >= 11 is 1.79. The van der Waals surface area contributed by atoms with Crippen LogP contribution in [0.15, 0.2) is 12.1 Å². The van der Waals surface area contributed by atoms with Gasteiger partial charge in [-0.2, -0.15) is 0 Å². The second-order valence-corrected chi connectivity index (χ2v) is 5.84. The highest BCUT2D eigenvalue weighted by Crippen LogP contribution is 2.25. The monoisotopic (exact) mass is 255 g/mol. The maximum Gasteiger partial charge on any atom is 0.325 e. The highest BCUT2D eigenvalue weighted by molar-refractivity contribution is 7.12. The summed E-state index contributed by atoms with van der Waals surface area (Å²) in [6, 6.07) is 4.41. The van der Waals surface area contributed by atoms with E-state index in [-0.39, 0.29) is 12.0 Å². The van der Waals surface area contributed by atoms with E-state index in [0.717, 1.165) is 6.42 Å². The Balaban J connectivity index is 2.71. The largest absolute Gasteiger partial charge is 0.468 e. The molecule has 0 amide bonds. The average molecular weight is 255 g/mol. The first-order valence-electron chi connectivity index (χ1n) is 5.85. The molecule has 0 fully saturated rings. The van der Waals surface area contributed by atoms with Crippen molar-refractivity contribution < 1.29 is 9.53 Å². The molecule has 0 aromatic carbocycles. The number of rotatable bonds is 5. The molecule has 1 aromatic rings. The molecule has 1 heterocycles. The molecule has 0 aliphatic carbocycles. The van der Waals surface area contributed by atoms with E-state index < -0.39 is 5.54 Å². The predicted octanol–water partition coefficient (Wildman–Crippen LogP) is 2.91. The van der Waals surface area contributed by atoms with Gasteiger partial charge in [-0.25, -0.2) is 0 Å². The lowest BCUT2D eigenvalue weighted by molar-refractivity contribution is -0.147. The number of hydrogen-bond donors (Lipinski definition) is 1. The standard InChI is InChI=1S/C13H21NO2S/c1-6-10-7-8-11(17-10)9(2)14-13(3,4)12(15)16-5/h7-9,14H,6H2,1-5H3. The van der Waals surface area contributed by atoms with Crippen molar-refractivity contribution in [2.45, 2.75) is 45.7 Å².